The van der Waals surface area contributed by atoms with Crippen molar-refractivity contribution in [2.75, 3.05) is 76.2 Å². The van der Waals surface area contributed by atoms with Crippen LogP contribution in [0.15, 0.2) is 0 Å². The molecule has 0 heterocycles. The van der Waals surface area contributed by atoms with Crippen molar-refractivity contribution in [2.24, 2.45) is 0 Å². The van der Waals surface area contributed by atoms with Gasteiger partial charge in [-0.3, -0.25) is 38.4 Å². The largest absolute Gasteiger partial charge is 0.481 e. The molecular formula is C29H45BrCl2N6O13. The fourth-order valence-corrected chi connectivity index (χ4v) is 4.43. The zero-order valence-electron chi connectivity index (χ0n) is 27.8. The fourth-order valence-electron chi connectivity index (χ4n) is 3.96. The van der Waals surface area contributed by atoms with E-state index in [1.54, 1.807) is 0 Å². The number of ether oxygens (including phenoxy) is 2. The summed E-state index contributed by atoms with van der Waals surface area (Å²) < 4.78 is 10.4. The van der Waals surface area contributed by atoms with Gasteiger partial charge in [0, 0.05) is 58.6 Å². The van der Waals surface area contributed by atoms with Crippen LogP contribution in [0.25, 0.3) is 0 Å². The SMILES string of the molecule is O=C(O)CC[C@H](NC(=O)COCCNC(=O)CCC(NC(=O)COCCCC(=O)CBr)C(=O)O)C(=O)N(CCNC(=O)CCl)CCNC(=O)CCl. The minimum Gasteiger partial charge on any atom is -0.481 e. The number of hydrogen-bond donors (Lipinski definition) is 7. The third kappa shape index (κ3) is 25.1. The van der Waals surface area contributed by atoms with Crippen LogP contribution < -0.4 is 26.6 Å². The number of halogens is 3. The highest BCUT2D eigenvalue weighted by atomic mass is 79.9. The number of carboxylic acids is 2. The lowest BCUT2D eigenvalue weighted by Gasteiger charge is -2.28. The first-order valence-electron chi connectivity index (χ1n) is 15.7. The Hall–Kier alpha value is -3.59. The molecule has 19 nitrogen and oxygen atoms in total. The minimum atomic E-state index is -1.36. The van der Waals surface area contributed by atoms with E-state index in [2.05, 4.69) is 42.5 Å². The van der Waals surface area contributed by atoms with Crippen molar-refractivity contribution in [3.63, 3.8) is 0 Å². The van der Waals surface area contributed by atoms with E-state index in [0.717, 1.165) is 0 Å². The average Bonchev–Trinajstić information content (AvgIpc) is 3.09. The van der Waals surface area contributed by atoms with Crippen LogP contribution in [0.2, 0.25) is 0 Å². The number of carbonyl (C=O) groups excluding carboxylic acids is 7. The van der Waals surface area contributed by atoms with Crippen LogP contribution >= 0.6 is 39.1 Å². The van der Waals surface area contributed by atoms with Gasteiger partial charge < -0.3 is 51.2 Å². The molecule has 0 aromatic rings. The van der Waals surface area contributed by atoms with E-state index in [-0.39, 0.29) is 94.5 Å². The Balaban J connectivity index is 4.83. The van der Waals surface area contributed by atoms with Crippen molar-refractivity contribution in [3.05, 3.63) is 0 Å². The fraction of sp³-hybridized carbons (Fsp3) is 0.690. The summed E-state index contributed by atoms with van der Waals surface area (Å²) in [6, 6.07) is -2.66. The van der Waals surface area contributed by atoms with Gasteiger partial charge in [-0.1, -0.05) is 15.9 Å². The van der Waals surface area contributed by atoms with Gasteiger partial charge in [0.05, 0.1) is 11.9 Å². The molecule has 0 saturated heterocycles. The van der Waals surface area contributed by atoms with Crippen LogP contribution in [0.3, 0.4) is 0 Å². The van der Waals surface area contributed by atoms with E-state index in [0.29, 0.717) is 6.42 Å². The number of nitrogens with zero attached hydrogens (tertiary/aromatic N) is 1. The van der Waals surface area contributed by atoms with Crippen molar-refractivity contribution in [1.29, 1.82) is 0 Å². The van der Waals surface area contributed by atoms with Crippen LogP contribution in [0.1, 0.15) is 38.5 Å². The van der Waals surface area contributed by atoms with Gasteiger partial charge in [0.25, 0.3) is 0 Å². The van der Waals surface area contributed by atoms with Crippen molar-refractivity contribution < 1.29 is 62.8 Å². The van der Waals surface area contributed by atoms with Gasteiger partial charge in [0.15, 0.2) is 0 Å². The lowest BCUT2D eigenvalue weighted by atomic mass is 10.1. The van der Waals surface area contributed by atoms with Gasteiger partial charge in [0.2, 0.25) is 35.4 Å². The normalized spacial score (nSPS) is 11.7. The molecule has 0 rings (SSSR count). The first-order chi connectivity index (χ1) is 24.2. The predicted octanol–water partition coefficient (Wildman–Crippen LogP) is -1.88. The highest BCUT2D eigenvalue weighted by Crippen LogP contribution is 2.05. The highest BCUT2D eigenvalue weighted by molar-refractivity contribution is 9.09. The standard InChI is InChI=1S/C29H45BrCl2N6O13/c30-14-19(39)2-1-12-50-17-26(44)37-21(29(48)49)3-5-22(40)35-9-13-51-18-25(43)36-20(4-6-27(45)46)28(47)38(10-7-33-23(41)15-31)11-8-34-24(42)16-32/h20-21H,1-18H2,(H,33,41)(H,34,42)(H,35,40)(H,36,43)(H,37,44)(H,45,46)(H,48,49)/t20-,21?/m0/s1. The van der Waals surface area contributed by atoms with Crippen molar-refractivity contribution >= 4 is 92.3 Å². The summed E-state index contributed by atoms with van der Waals surface area (Å²) in [5.74, 6) is -6.92. The average molecular weight is 837 g/mol. The Bertz CT molecular complexity index is 1160. The van der Waals surface area contributed by atoms with E-state index in [1.807, 2.05) is 0 Å². The molecule has 0 radical (unpaired) electrons. The summed E-state index contributed by atoms with van der Waals surface area (Å²) >= 11 is 14.0. The third-order valence-corrected chi connectivity index (χ3v) is 7.57. The Morgan fingerprint density at radius 1 is 0.647 bits per heavy atom. The topological polar surface area (TPSA) is 276 Å². The second kappa shape index (κ2) is 29.0. The molecule has 6 amide bonds. The summed E-state index contributed by atoms with van der Waals surface area (Å²) in [4.78, 5) is 108. The number of hydrogen-bond acceptors (Lipinski definition) is 11. The number of carboxylic acid groups (broad SMARTS) is 2. The Kier molecular flexibility index (Phi) is 27.0. The Labute approximate surface area is 312 Å². The van der Waals surface area contributed by atoms with Gasteiger partial charge in [-0.05, 0) is 19.3 Å². The van der Waals surface area contributed by atoms with Gasteiger partial charge >= 0.3 is 11.9 Å². The summed E-state index contributed by atoms with van der Waals surface area (Å²) in [5, 5.41) is 30.9. The second-order valence-corrected chi connectivity index (χ2v) is 11.7. The quantitative estimate of drug-likeness (QED) is 0.0309. The molecule has 0 aliphatic heterocycles. The van der Waals surface area contributed by atoms with Gasteiger partial charge in [0.1, 0.15) is 42.8 Å². The molecule has 0 bridgehead atoms. The van der Waals surface area contributed by atoms with Crippen molar-refractivity contribution in [1.82, 2.24) is 31.5 Å². The number of alkyl halides is 3. The predicted molar refractivity (Wildman–Crippen MR) is 184 cm³/mol. The van der Waals surface area contributed by atoms with E-state index >= 15 is 0 Å². The number of nitrogens with one attached hydrogen (secondary N) is 5. The lowest BCUT2D eigenvalue weighted by molar-refractivity contribution is -0.143. The molecule has 0 fully saturated rings. The molecule has 51 heavy (non-hydrogen) atoms. The van der Waals surface area contributed by atoms with Crippen LogP contribution in [-0.2, 0) is 52.6 Å². The lowest BCUT2D eigenvalue weighted by Crippen LogP contribution is -2.52. The van der Waals surface area contributed by atoms with Crippen LogP contribution in [-0.4, -0.2) is 157 Å². The molecule has 0 spiro atoms. The molecule has 0 aromatic heterocycles. The van der Waals surface area contributed by atoms with Gasteiger partial charge in [-0.25, -0.2) is 4.79 Å². The monoisotopic (exact) mass is 834 g/mol. The number of Topliss-reactive ketones (excluding diaryl/α,β-unsaturated/α-hetero) is 1. The molecule has 0 aliphatic carbocycles. The number of carbonyl (C=O) groups is 9. The summed E-state index contributed by atoms with van der Waals surface area (Å²) in [7, 11) is 0. The first-order valence-corrected chi connectivity index (χ1v) is 17.9. The van der Waals surface area contributed by atoms with Gasteiger partial charge in [-0.2, -0.15) is 0 Å². The molecule has 22 heteroatoms. The van der Waals surface area contributed by atoms with Crippen molar-refractivity contribution in [2.45, 2.75) is 50.6 Å². The second-order valence-electron chi connectivity index (χ2n) is 10.6. The molecule has 0 saturated carbocycles. The number of ketones is 1. The van der Waals surface area contributed by atoms with E-state index < -0.39 is 79.1 Å². The summed E-state index contributed by atoms with van der Waals surface area (Å²) in [5.41, 5.74) is 0. The van der Waals surface area contributed by atoms with E-state index in [4.69, 9.17) is 37.8 Å². The molecule has 1 unspecified atom stereocenters. The maximum absolute atomic E-state index is 13.3. The van der Waals surface area contributed by atoms with Crippen LogP contribution in [0.5, 0.6) is 0 Å². The summed E-state index contributed by atoms with van der Waals surface area (Å²) in [6.07, 6.45) is -0.561. The number of rotatable bonds is 30. The molecule has 7 N–H and O–H groups in total. The Morgan fingerprint density at radius 2 is 1.16 bits per heavy atom. The van der Waals surface area contributed by atoms with E-state index in [1.165, 1.54) is 4.90 Å². The maximum atomic E-state index is 13.3. The number of aliphatic carboxylic acids is 2. The minimum absolute atomic E-state index is 0.0152. The molecule has 2 atom stereocenters. The molecule has 0 aliphatic rings. The van der Waals surface area contributed by atoms with Crippen LogP contribution in [0.4, 0.5) is 0 Å². The Morgan fingerprint density at radius 3 is 1.67 bits per heavy atom. The maximum Gasteiger partial charge on any atom is 0.326 e. The number of amides is 6. The van der Waals surface area contributed by atoms with E-state index in [9.17, 15) is 48.3 Å². The summed E-state index contributed by atoms with van der Waals surface area (Å²) in [6.45, 7) is -1.21. The third-order valence-electron chi connectivity index (χ3n) is 6.46. The first kappa shape index (κ1) is 47.4. The molecular weight excluding hydrogens is 791 g/mol. The molecule has 0 aromatic carbocycles. The van der Waals surface area contributed by atoms with Crippen LogP contribution in [0, 0.1) is 0 Å². The van der Waals surface area contributed by atoms with Gasteiger partial charge in [-0.15, -0.1) is 23.2 Å². The highest BCUT2D eigenvalue weighted by Gasteiger charge is 2.27. The molecule has 290 valence electrons. The van der Waals surface area contributed by atoms with Crippen molar-refractivity contribution in [3.8, 4) is 0 Å². The smallest absolute Gasteiger partial charge is 0.326 e. The zero-order chi connectivity index (χ0) is 38.6. The zero-order valence-corrected chi connectivity index (χ0v) is 30.9.